The largest absolute Gasteiger partial charge is 0.396 e. The SMILES string of the molecule is Nc1c[nH]c2c1NC(N)(c1cc(F)cc(F)c1)N=C2. The number of nitrogens with two attached hydrogens (primary N) is 2. The summed E-state index contributed by atoms with van der Waals surface area (Å²) in [6, 6.07) is 3.03. The zero-order valence-electron chi connectivity index (χ0n) is 9.74. The molecule has 0 aliphatic carbocycles. The number of halogens is 2. The normalized spacial score (nSPS) is 21.0. The predicted molar refractivity (Wildman–Crippen MR) is 68.6 cm³/mol. The maximum Gasteiger partial charge on any atom is 0.209 e. The van der Waals surface area contributed by atoms with Gasteiger partial charge in [-0.1, -0.05) is 0 Å². The van der Waals surface area contributed by atoms with Crippen LogP contribution < -0.4 is 16.8 Å². The Morgan fingerprint density at radius 2 is 1.84 bits per heavy atom. The van der Waals surface area contributed by atoms with Gasteiger partial charge in [0.25, 0.3) is 0 Å². The maximum absolute atomic E-state index is 13.3. The molecule has 0 saturated heterocycles. The molecule has 19 heavy (non-hydrogen) atoms. The Bertz CT molecular complexity index is 659. The van der Waals surface area contributed by atoms with Gasteiger partial charge in [-0.05, 0) is 12.1 Å². The van der Waals surface area contributed by atoms with E-state index in [-0.39, 0.29) is 5.56 Å². The molecular formula is C12H11F2N5. The topological polar surface area (TPSA) is 92.2 Å². The number of benzene rings is 1. The van der Waals surface area contributed by atoms with Gasteiger partial charge in [-0.25, -0.2) is 13.8 Å². The van der Waals surface area contributed by atoms with Crippen molar-refractivity contribution in [2.45, 2.75) is 5.79 Å². The van der Waals surface area contributed by atoms with Gasteiger partial charge < -0.3 is 16.0 Å². The van der Waals surface area contributed by atoms with E-state index < -0.39 is 17.4 Å². The van der Waals surface area contributed by atoms with Gasteiger partial charge in [-0.3, -0.25) is 5.73 Å². The maximum atomic E-state index is 13.3. The van der Waals surface area contributed by atoms with Gasteiger partial charge in [0.1, 0.15) is 11.6 Å². The van der Waals surface area contributed by atoms with E-state index in [2.05, 4.69) is 15.3 Å². The number of rotatable bonds is 1. The minimum atomic E-state index is -1.45. The van der Waals surface area contributed by atoms with Crippen molar-refractivity contribution in [3.05, 3.63) is 47.3 Å². The zero-order valence-corrected chi connectivity index (χ0v) is 9.74. The molecule has 0 saturated carbocycles. The van der Waals surface area contributed by atoms with Crippen molar-refractivity contribution in [2.24, 2.45) is 10.7 Å². The third-order valence-corrected chi connectivity index (χ3v) is 2.96. The first-order chi connectivity index (χ1) is 8.98. The van der Waals surface area contributed by atoms with Gasteiger partial charge in [0, 0.05) is 17.8 Å². The molecule has 1 aromatic carbocycles. The molecule has 0 amide bonds. The number of H-pyrrole nitrogens is 1. The summed E-state index contributed by atoms with van der Waals surface area (Å²) < 4.78 is 26.5. The van der Waals surface area contributed by atoms with Crippen LogP contribution in [0.1, 0.15) is 11.3 Å². The highest BCUT2D eigenvalue weighted by Crippen LogP contribution is 2.33. The van der Waals surface area contributed by atoms with Crippen LogP contribution in [-0.4, -0.2) is 11.2 Å². The van der Waals surface area contributed by atoms with E-state index in [1.54, 1.807) is 6.20 Å². The number of anilines is 2. The number of aromatic nitrogens is 1. The fraction of sp³-hybridized carbons (Fsp3) is 0.0833. The molecule has 0 fully saturated rings. The van der Waals surface area contributed by atoms with E-state index in [9.17, 15) is 8.78 Å². The Labute approximate surface area is 107 Å². The van der Waals surface area contributed by atoms with Crippen LogP contribution in [0.15, 0.2) is 29.4 Å². The molecule has 1 atom stereocenters. The molecule has 2 heterocycles. The second-order valence-corrected chi connectivity index (χ2v) is 4.34. The van der Waals surface area contributed by atoms with E-state index in [4.69, 9.17) is 11.5 Å². The molecule has 98 valence electrons. The van der Waals surface area contributed by atoms with Crippen LogP contribution in [0.4, 0.5) is 20.2 Å². The zero-order chi connectivity index (χ0) is 13.6. The Hall–Kier alpha value is -2.41. The van der Waals surface area contributed by atoms with Crippen LogP contribution in [0.2, 0.25) is 0 Å². The fourth-order valence-electron chi connectivity index (χ4n) is 2.01. The fourth-order valence-corrected chi connectivity index (χ4v) is 2.01. The number of aliphatic imine (C=N–C) groups is 1. The molecule has 1 aliphatic heterocycles. The highest BCUT2D eigenvalue weighted by atomic mass is 19.1. The second-order valence-electron chi connectivity index (χ2n) is 4.34. The first-order valence-electron chi connectivity index (χ1n) is 5.54. The monoisotopic (exact) mass is 263 g/mol. The summed E-state index contributed by atoms with van der Waals surface area (Å²) in [6.45, 7) is 0. The van der Waals surface area contributed by atoms with Crippen LogP contribution in [0, 0.1) is 11.6 Å². The Morgan fingerprint density at radius 3 is 2.53 bits per heavy atom. The lowest BCUT2D eigenvalue weighted by Crippen LogP contribution is -2.45. The summed E-state index contributed by atoms with van der Waals surface area (Å²) in [5, 5.41) is 2.88. The van der Waals surface area contributed by atoms with E-state index in [0.717, 1.165) is 18.2 Å². The Kier molecular flexibility index (Phi) is 2.33. The van der Waals surface area contributed by atoms with Crippen molar-refractivity contribution in [3.8, 4) is 0 Å². The lowest BCUT2D eigenvalue weighted by atomic mass is 10.1. The molecule has 1 aromatic heterocycles. The summed E-state index contributed by atoms with van der Waals surface area (Å²) in [6.07, 6.45) is 3.06. The average molecular weight is 263 g/mol. The molecule has 0 bridgehead atoms. The van der Waals surface area contributed by atoms with E-state index in [1.807, 2.05) is 0 Å². The number of hydrogen-bond acceptors (Lipinski definition) is 4. The minimum absolute atomic E-state index is 0.174. The molecule has 7 heteroatoms. The van der Waals surface area contributed by atoms with Gasteiger partial charge in [0.05, 0.1) is 23.3 Å². The molecule has 3 rings (SSSR count). The summed E-state index contributed by atoms with van der Waals surface area (Å²) in [5.74, 6) is -2.89. The highest BCUT2D eigenvalue weighted by Gasteiger charge is 2.32. The third-order valence-electron chi connectivity index (χ3n) is 2.96. The second kappa shape index (κ2) is 3.79. The molecule has 2 aromatic rings. The lowest BCUT2D eigenvalue weighted by molar-refractivity contribution is 0.518. The summed E-state index contributed by atoms with van der Waals surface area (Å²) in [5.41, 5.74) is 13.7. The molecule has 0 radical (unpaired) electrons. The standard InChI is InChI=1S/C12H11F2N5/c13-7-1-6(2-8(14)3-7)12(16)18-5-10-11(19-12)9(15)4-17-10/h1-5,17,19H,15-16H2. The molecular weight excluding hydrogens is 252 g/mol. The molecule has 0 spiro atoms. The quantitative estimate of drug-likeness (QED) is 0.628. The summed E-state index contributed by atoms with van der Waals surface area (Å²) in [7, 11) is 0. The Balaban J connectivity index is 2.08. The molecule has 5 nitrogen and oxygen atoms in total. The van der Waals surface area contributed by atoms with Crippen LogP contribution in [0.25, 0.3) is 0 Å². The number of fused-ring (bicyclic) bond motifs is 1. The van der Waals surface area contributed by atoms with Gasteiger partial charge in [-0.2, -0.15) is 0 Å². The van der Waals surface area contributed by atoms with Gasteiger partial charge in [0.15, 0.2) is 0 Å². The number of nitrogens with zero attached hydrogens (tertiary/aromatic N) is 1. The number of aromatic amines is 1. The van der Waals surface area contributed by atoms with Gasteiger partial charge in [0.2, 0.25) is 5.79 Å². The third kappa shape index (κ3) is 1.84. The smallest absolute Gasteiger partial charge is 0.209 e. The molecule has 1 aliphatic rings. The van der Waals surface area contributed by atoms with Crippen molar-refractivity contribution >= 4 is 17.6 Å². The Morgan fingerprint density at radius 1 is 1.16 bits per heavy atom. The summed E-state index contributed by atoms with van der Waals surface area (Å²) in [4.78, 5) is 6.99. The van der Waals surface area contributed by atoms with Crippen molar-refractivity contribution in [3.63, 3.8) is 0 Å². The minimum Gasteiger partial charge on any atom is -0.396 e. The van der Waals surface area contributed by atoms with Crippen molar-refractivity contribution in [1.82, 2.24) is 4.98 Å². The highest BCUT2D eigenvalue weighted by molar-refractivity contribution is 5.93. The van der Waals surface area contributed by atoms with Gasteiger partial charge in [-0.15, -0.1) is 0 Å². The van der Waals surface area contributed by atoms with Gasteiger partial charge >= 0.3 is 0 Å². The molecule has 6 N–H and O–H groups in total. The first-order valence-corrected chi connectivity index (χ1v) is 5.54. The van der Waals surface area contributed by atoms with E-state index >= 15 is 0 Å². The van der Waals surface area contributed by atoms with Crippen LogP contribution in [-0.2, 0) is 5.79 Å². The predicted octanol–water partition coefficient (Wildman–Crippen LogP) is 1.49. The van der Waals surface area contributed by atoms with Crippen molar-refractivity contribution < 1.29 is 8.78 Å². The lowest BCUT2D eigenvalue weighted by Gasteiger charge is -2.30. The number of nitrogens with one attached hydrogen (secondary N) is 2. The number of nitrogen functional groups attached to an aromatic ring is 1. The van der Waals surface area contributed by atoms with Crippen LogP contribution in [0.5, 0.6) is 0 Å². The van der Waals surface area contributed by atoms with Crippen molar-refractivity contribution in [1.29, 1.82) is 0 Å². The first kappa shape index (κ1) is 11.7. The number of hydrogen-bond donors (Lipinski definition) is 4. The van der Waals surface area contributed by atoms with E-state index in [0.29, 0.717) is 17.1 Å². The van der Waals surface area contributed by atoms with Crippen molar-refractivity contribution in [2.75, 3.05) is 11.1 Å². The molecule has 1 unspecified atom stereocenters. The van der Waals surface area contributed by atoms with Crippen LogP contribution in [0.3, 0.4) is 0 Å². The van der Waals surface area contributed by atoms with E-state index in [1.165, 1.54) is 6.21 Å². The average Bonchev–Trinajstić information content (AvgIpc) is 2.69. The summed E-state index contributed by atoms with van der Waals surface area (Å²) >= 11 is 0. The van der Waals surface area contributed by atoms with Crippen LogP contribution >= 0.6 is 0 Å².